The van der Waals surface area contributed by atoms with E-state index in [1.54, 1.807) is 16.2 Å². The Labute approximate surface area is 153 Å². The summed E-state index contributed by atoms with van der Waals surface area (Å²) in [5, 5.41) is 6.67. The standard InChI is InChI=1S/C16H25N3O3S.ClH/c1-10(2)15(17)16(21)18-6-14(20)19-7-11(3)22-13(8-19)12-4-5-23-9-12;/h4-5,9-11,13,15H,6-8,17H2,1-3H3,(H,18,21);1H/t11?,13?,15-;/m0./s1. The number of carbonyl (C=O) groups excluding carboxylic acids is 2. The molecule has 0 radical (unpaired) electrons. The molecule has 1 aromatic heterocycles. The van der Waals surface area contributed by atoms with E-state index < -0.39 is 6.04 Å². The molecule has 1 aliphatic heterocycles. The Balaban J connectivity index is 0.00000288. The summed E-state index contributed by atoms with van der Waals surface area (Å²) in [6.45, 7) is 6.72. The van der Waals surface area contributed by atoms with Crippen molar-refractivity contribution in [2.45, 2.75) is 39.0 Å². The number of nitrogens with two attached hydrogens (primary N) is 1. The molecule has 0 spiro atoms. The van der Waals surface area contributed by atoms with Crippen LogP contribution in [0.3, 0.4) is 0 Å². The minimum Gasteiger partial charge on any atom is -0.367 e. The number of ether oxygens (including phenoxy) is 1. The molecular formula is C16H26ClN3O3S. The molecule has 8 heteroatoms. The number of carbonyl (C=O) groups is 2. The molecular weight excluding hydrogens is 350 g/mol. The molecule has 1 fully saturated rings. The molecule has 1 aliphatic rings. The fraction of sp³-hybridized carbons (Fsp3) is 0.625. The normalized spacial score (nSPS) is 22.0. The zero-order chi connectivity index (χ0) is 17.0. The molecule has 2 amide bonds. The van der Waals surface area contributed by atoms with Crippen LogP contribution in [0.2, 0.25) is 0 Å². The van der Waals surface area contributed by atoms with Crippen molar-refractivity contribution in [1.82, 2.24) is 10.2 Å². The minimum absolute atomic E-state index is 0. The summed E-state index contributed by atoms with van der Waals surface area (Å²) >= 11 is 1.61. The molecule has 3 atom stereocenters. The molecule has 2 rings (SSSR count). The lowest BCUT2D eigenvalue weighted by Gasteiger charge is -2.36. The second-order valence-electron chi connectivity index (χ2n) is 6.28. The van der Waals surface area contributed by atoms with E-state index in [0.29, 0.717) is 13.1 Å². The number of morpholine rings is 1. The predicted molar refractivity (Wildman–Crippen MR) is 97.3 cm³/mol. The van der Waals surface area contributed by atoms with Gasteiger partial charge in [0, 0.05) is 6.54 Å². The van der Waals surface area contributed by atoms with Gasteiger partial charge in [0.25, 0.3) is 0 Å². The highest BCUT2D eigenvalue weighted by molar-refractivity contribution is 7.07. The first-order valence-corrected chi connectivity index (χ1v) is 8.81. The zero-order valence-electron chi connectivity index (χ0n) is 14.2. The van der Waals surface area contributed by atoms with Crippen molar-refractivity contribution in [1.29, 1.82) is 0 Å². The topological polar surface area (TPSA) is 84.7 Å². The highest BCUT2D eigenvalue weighted by atomic mass is 35.5. The lowest BCUT2D eigenvalue weighted by molar-refractivity contribution is -0.145. The fourth-order valence-electron chi connectivity index (χ4n) is 2.49. The van der Waals surface area contributed by atoms with Crippen molar-refractivity contribution >= 4 is 35.6 Å². The van der Waals surface area contributed by atoms with Gasteiger partial charge in [-0.1, -0.05) is 13.8 Å². The average molecular weight is 376 g/mol. The van der Waals surface area contributed by atoms with E-state index in [1.807, 2.05) is 37.6 Å². The molecule has 0 aromatic carbocycles. The Kier molecular flexibility index (Phi) is 8.15. The van der Waals surface area contributed by atoms with Crippen LogP contribution in [0, 0.1) is 5.92 Å². The largest absolute Gasteiger partial charge is 0.367 e. The minimum atomic E-state index is -0.593. The molecule has 136 valence electrons. The summed E-state index contributed by atoms with van der Waals surface area (Å²) in [6, 6.07) is 1.42. The summed E-state index contributed by atoms with van der Waals surface area (Å²) in [5.74, 6) is -0.356. The van der Waals surface area contributed by atoms with Crippen LogP contribution in [0.4, 0.5) is 0 Å². The molecule has 0 bridgehead atoms. The quantitative estimate of drug-likeness (QED) is 0.817. The Hall–Kier alpha value is -1.15. The number of rotatable bonds is 5. The van der Waals surface area contributed by atoms with E-state index in [2.05, 4.69) is 5.32 Å². The second-order valence-corrected chi connectivity index (χ2v) is 7.06. The molecule has 3 N–H and O–H groups in total. The second kappa shape index (κ2) is 9.36. The Morgan fingerprint density at radius 3 is 2.75 bits per heavy atom. The number of hydrogen-bond donors (Lipinski definition) is 2. The first-order chi connectivity index (χ1) is 10.9. The number of thiophene rings is 1. The number of hydrogen-bond acceptors (Lipinski definition) is 5. The van der Waals surface area contributed by atoms with Crippen LogP contribution in [-0.2, 0) is 14.3 Å². The molecule has 6 nitrogen and oxygen atoms in total. The number of halogens is 1. The summed E-state index contributed by atoms with van der Waals surface area (Å²) in [6.07, 6.45) is -0.145. The van der Waals surface area contributed by atoms with Gasteiger partial charge in [-0.15, -0.1) is 12.4 Å². The lowest BCUT2D eigenvalue weighted by atomic mass is 10.1. The molecule has 1 aromatic rings. The van der Waals surface area contributed by atoms with Crippen LogP contribution in [0.5, 0.6) is 0 Å². The third kappa shape index (κ3) is 5.44. The van der Waals surface area contributed by atoms with E-state index in [9.17, 15) is 9.59 Å². The number of amides is 2. The fourth-order valence-corrected chi connectivity index (χ4v) is 3.19. The molecule has 2 heterocycles. The van der Waals surface area contributed by atoms with Crippen molar-refractivity contribution in [3.63, 3.8) is 0 Å². The number of nitrogens with one attached hydrogen (secondary N) is 1. The van der Waals surface area contributed by atoms with Crippen LogP contribution in [-0.4, -0.2) is 48.5 Å². The van der Waals surface area contributed by atoms with Gasteiger partial charge in [-0.2, -0.15) is 11.3 Å². The van der Waals surface area contributed by atoms with Crippen LogP contribution < -0.4 is 11.1 Å². The van der Waals surface area contributed by atoms with E-state index in [0.717, 1.165) is 5.56 Å². The van der Waals surface area contributed by atoms with Crippen molar-refractivity contribution in [2.24, 2.45) is 11.7 Å². The van der Waals surface area contributed by atoms with E-state index in [1.165, 1.54) is 0 Å². The lowest BCUT2D eigenvalue weighted by Crippen LogP contribution is -2.51. The molecule has 0 aliphatic carbocycles. The monoisotopic (exact) mass is 375 g/mol. The smallest absolute Gasteiger partial charge is 0.242 e. The zero-order valence-corrected chi connectivity index (χ0v) is 15.9. The van der Waals surface area contributed by atoms with Crippen molar-refractivity contribution in [3.8, 4) is 0 Å². The van der Waals surface area contributed by atoms with Gasteiger partial charge >= 0.3 is 0 Å². The van der Waals surface area contributed by atoms with Crippen molar-refractivity contribution in [3.05, 3.63) is 22.4 Å². The third-order valence-corrected chi connectivity index (χ3v) is 4.66. The van der Waals surface area contributed by atoms with Crippen molar-refractivity contribution < 1.29 is 14.3 Å². The first-order valence-electron chi connectivity index (χ1n) is 7.87. The number of nitrogens with zero attached hydrogens (tertiary/aromatic N) is 1. The Bertz CT molecular complexity index is 539. The van der Waals surface area contributed by atoms with Gasteiger partial charge in [-0.3, -0.25) is 9.59 Å². The summed E-state index contributed by atoms with van der Waals surface area (Å²) < 4.78 is 5.91. The van der Waals surface area contributed by atoms with E-state index >= 15 is 0 Å². The van der Waals surface area contributed by atoms with Gasteiger partial charge in [0.15, 0.2) is 0 Å². The van der Waals surface area contributed by atoms with Crippen LogP contribution >= 0.6 is 23.7 Å². The highest BCUT2D eigenvalue weighted by Crippen LogP contribution is 2.26. The molecule has 2 unspecified atom stereocenters. The maximum absolute atomic E-state index is 12.4. The molecule has 24 heavy (non-hydrogen) atoms. The maximum atomic E-state index is 12.4. The molecule has 0 saturated carbocycles. The van der Waals surface area contributed by atoms with Crippen LogP contribution in [0.1, 0.15) is 32.4 Å². The van der Waals surface area contributed by atoms with Gasteiger partial charge in [0.05, 0.1) is 25.2 Å². The predicted octanol–water partition coefficient (Wildman–Crippen LogP) is 1.56. The highest BCUT2D eigenvalue weighted by Gasteiger charge is 2.30. The van der Waals surface area contributed by atoms with Crippen LogP contribution in [0.15, 0.2) is 16.8 Å². The van der Waals surface area contributed by atoms with Crippen molar-refractivity contribution in [2.75, 3.05) is 19.6 Å². The summed E-state index contributed by atoms with van der Waals surface area (Å²) in [7, 11) is 0. The Morgan fingerprint density at radius 1 is 1.46 bits per heavy atom. The van der Waals surface area contributed by atoms with Gasteiger partial charge in [0.1, 0.15) is 6.10 Å². The first kappa shape index (κ1) is 20.9. The average Bonchev–Trinajstić information content (AvgIpc) is 3.05. The van der Waals surface area contributed by atoms with Crippen LogP contribution in [0.25, 0.3) is 0 Å². The Morgan fingerprint density at radius 2 is 2.17 bits per heavy atom. The summed E-state index contributed by atoms with van der Waals surface area (Å²) in [4.78, 5) is 26.0. The maximum Gasteiger partial charge on any atom is 0.242 e. The summed E-state index contributed by atoms with van der Waals surface area (Å²) in [5.41, 5.74) is 6.87. The molecule has 1 saturated heterocycles. The third-order valence-electron chi connectivity index (χ3n) is 3.96. The van der Waals surface area contributed by atoms with E-state index in [-0.39, 0.29) is 48.9 Å². The van der Waals surface area contributed by atoms with Gasteiger partial charge < -0.3 is 20.7 Å². The SMILES string of the molecule is CC1CN(C(=O)CNC(=O)[C@@H](N)C(C)C)CC(c2ccsc2)O1.Cl. The van der Waals surface area contributed by atoms with Gasteiger partial charge in [-0.25, -0.2) is 0 Å². The van der Waals surface area contributed by atoms with Gasteiger partial charge in [0.2, 0.25) is 11.8 Å². The van der Waals surface area contributed by atoms with Gasteiger partial charge in [-0.05, 0) is 35.2 Å². The van der Waals surface area contributed by atoms with E-state index in [4.69, 9.17) is 10.5 Å².